The Balaban J connectivity index is 3.90. The van der Waals surface area contributed by atoms with Crippen LogP contribution in [0, 0.1) is 5.92 Å². The summed E-state index contributed by atoms with van der Waals surface area (Å²) in [5.74, 6) is -0.763. The number of rotatable bonds is 22. The lowest BCUT2D eigenvalue weighted by atomic mass is 9.94. The van der Waals surface area contributed by atoms with Crippen molar-refractivity contribution in [3.05, 3.63) is 0 Å². The predicted molar refractivity (Wildman–Crippen MR) is 122 cm³/mol. The molecule has 4 N–H and O–H groups in total. The Kier molecular flexibility index (Phi) is 20.8. The summed E-state index contributed by atoms with van der Waals surface area (Å²) in [5, 5.41) is 36.1. The third kappa shape index (κ3) is 18.4. The first-order valence-corrected chi connectivity index (χ1v) is 12.3. The van der Waals surface area contributed by atoms with Gasteiger partial charge in [0, 0.05) is 6.42 Å². The van der Waals surface area contributed by atoms with Crippen molar-refractivity contribution in [2.45, 2.75) is 109 Å². The number of carbonyl (C=O) groups excluding carboxylic acids is 2. The highest BCUT2D eigenvalue weighted by Gasteiger charge is 2.20. The molecule has 8 nitrogen and oxygen atoms in total. The minimum atomic E-state index is -1.02. The van der Waals surface area contributed by atoms with Crippen molar-refractivity contribution in [1.29, 1.82) is 0 Å². The molecule has 0 saturated heterocycles. The molecule has 8 heteroatoms. The van der Waals surface area contributed by atoms with Gasteiger partial charge in [-0.15, -0.1) is 0 Å². The highest BCUT2D eigenvalue weighted by Crippen LogP contribution is 2.20. The van der Waals surface area contributed by atoms with Gasteiger partial charge in [-0.2, -0.15) is 0 Å². The summed E-state index contributed by atoms with van der Waals surface area (Å²) in [4.78, 5) is 23.8. The Labute approximate surface area is 193 Å². The molecule has 0 aromatic rings. The predicted octanol–water partition coefficient (Wildman–Crippen LogP) is 2.88. The molecule has 0 heterocycles. The van der Waals surface area contributed by atoms with Gasteiger partial charge in [-0.25, -0.2) is 0 Å². The van der Waals surface area contributed by atoms with Crippen LogP contribution in [-0.2, 0) is 19.1 Å². The first-order valence-electron chi connectivity index (χ1n) is 12.3. The molecule has 0 aromatic carbocycles. The fourth-order valence-electron chi connectivity index (χ4n) is 3.40. The summed E-state index contributed by atoms with van der Waals surface area (Å²) in [6, 6.07) is 0. The van der Waals surface area contributed by atoms with Crippen LogP contribution >= 0.6 is 0 Å². The zero-order chi connectivity index (χ0) is 24.0. The van der Waals surface area contributed by atoms with Gasteiger partial charge in [0.2, 0.25) is 0 Å². The molecule has 190 valence electrons. The summed E-state index contributed by atoms with van der Waals surface area (Å²) in [6.07, 6.45) is 11.2. The van der Waals surface area contributed by atoms with Crippen LogP contribution in [0.2, 0.25) is 0 Å². The maximum atomic E-state index is 12.3. The third-order valence-corrected chi connectivity index (χ3v) is 5.45. The van der Waals surface area contributed by atoms with E-state index in [0.29, 0.717) is 6.42 Å². The largest absolute Gasteiger partial charge is 0.463 e. The van der Waals surface area contributed by atoms with Crippen LogP contribution in [0.25, 0.3) is 0 Å². The Bertz CT molecular complexity index is 457. The minimum Gasteiger partial charge on any atom is -0.463 e. The van der Waals surface area contributed by atoms with Gasteiger partial charge in [-0.1, -0.05) is 71.1 Å². The monoisotopic (exact) mass is 462 g/mol. The van der Waals surface area contributed by atoms with E-state index in [9.17, 15) is 14.7 Å². The van der Waals surface area contributed by atoms with Crippen molar-refractivity contribution in [3.8, 4) is 0 Å². The van der Waals surface area contributed by atoms with E-state index in [2.05, 4.69) is 6.92 Å². The van der Waals surface area contributed by atoms with E-state index in [1.54, 1.807) is 0 Å². The zero-order valence-corrected chi connectivity index (χ0v) is 19.9. The smallest absolute Gasteiger partial charge is 0.309 e. The van der Waals surface area contributed by atoms with Crippen LogP contribution in [0.1, 0.15) is 96.8 Å². The number of aliphatic hydroxyl groups excluding tert-OH is 4. The van der Waals surface area contributed by atoms with Crippen LogP contribution < -0.4 is 0 Å². The molecule has 0 bridgehead atoms. The lowest BCUT2D eigenvalue weighted by molar-refractivity contribution is -0.153. The van der Waals surface area contributed by atoms with E-state index in [1.165, 1.54) is 0 Å². The number of aliphatic hydroxyl groups is 4. The SMILES string of the molecule is CCCCCCC(CCCCCCCCCC(=O)OCC(O)CO)C(=O)OCC(O)CO. The molecule has 0 aromatic heterocycles. The van der Waals surface area contributed by atoms with E-state index in [4.69, 9.17) is 24.8 Å². The molecule has 3 unspecified atom stereocenters. The highest BCUT2D eigenvalue weighted by atomic mass is 16.5. The maximum Gasteiger partial charge on any atom is 0.309 e. The standard InChI is InChI=1S/C24H46O8/c1-2-3-4-10-13-20(24(30)32-19-22(28)17-26)14-11-8-6-5-7-9-12-15-23(29)31-18-21(27)16-25/h20-22,25-28H,2-19H2,1H3. The normalized spacial score (nSPS) is 14.0. The summed E-state index contributed by atoms with van der Waals surface area (Å²) >= 11 is 0. The number of hydrogen-bond donors (Lipinski definition) is 4. The second-order valence-electron chi connectivity index (χ2n) is 8.55. The molecule has 0 saturated carbocycles. The first kappa shape index (κ1) is 30.8. The van der Waals surface area contributed by atoms with Crippen LogP contribution in [0.5, 0.6) is 0 Å². The number of esters is 2. The summed E-state index contributed by atoms with van der Waals surface area (Å²) in [7, 11) is 0. The van der Waals surface area contributed by atoms with Gasteiger partial charge in [0.15, 0.2) is 0 Å². The van der Waals surface area contributed by atoms with E-state index < -0.39 is 25.4 Å². The Morgan fingerprint density at radius 2 is 1.16 bits per heavy atom. The molecule has 0 fully saturated rings. The average molecular weight is 463 g/mol. The number of hydrogen-bond acceptors (Lipinski definition) is 8. The highest BCUT2D eigenvalue weighted by molar-refractivity contribution is 5.72. The zero-order valence-electron chi connectivity index (χ0n) is 19.9. The van der Waals surface area contributed by atoms with Gasteiger partial charge in [0.25, 0.3) is 0 Å². The lowest BCUT2D eigenvalue weighted by Gasteiger charge is -2.17. The molecule has 3 atom stereocenters. The van der Waals surface area contributed by atoms with Gasteiger partial charge in [-0.05, 0) is 19.3 Å². The van der Waals surface area contributed by atoms with Crippen LogP contribution in [0.15, 0.2) is 0 Å². The van der Waals surface area contributed by atoms with Crippen molar-refractivity contribution in [3.63, 3.8) is 0 Å². The van der Waals surface area contributed by atoms with Crippen molar-refractivity contribution in [2.24, 2.45) is 5.92 Å². The third-order valence-electron chi connectivity index (χ3n) is 5.45. The van der Waals surface area contributed by atoms with Crippen molar-refractivity contribution < 1.29 is 39.5 Å². The number of ether oxygens (including phenoxy) is 2. The van der Waals surface area contributed by atoms with E-state index in [1.807, 2.05) is 0 Å². The van der Waals surface area contributed by atoms with Gasteiger partial charge >= 0.3 is 11.9 Å². The number of unbranched alkanes of at least 4 members (excludes halogenated alkanes) is 9. The maximum absolute atomic E-state index is 12.3. The van der Waals surface area contributed by atoms with Gasteiger partial charge in [0.1, 0.15) is 25.4 Å². The molecule has 0 aliphatic rings. The molecule has 0 spiro atoms. The minimum absolute atomic E-state index is 0.145. The molecule has 0 radical (unpaired) electrons. The Morgan fingerprint density at radius 1 is 0.688 bits per heavy atom. The fourth-order valence-corrected chi connectivity index (χ4v) is 3.40. The van der Waals surface area contributed by atoms with Gasteiger partial charge in [-0.3, -0.25) is 9.59 Å². The van der Waals surface area contributed by atoms with Crippen LogP contribution in [0.4, 0.5) is 0 Å². The number of carbonyl (C=O) groups is 2. The molecule has 32 heavy (non-hydrogen) atoms. The van der Waals surface area contributed by atoms with Gasteiger partial charge in [0.05, 0.1) is 19.1 Å². The van der Waals surface area contributed by atoms with Crippen molar-refractivity contribution in [2.75, 3.05) is 26.4 Å². The first-order chi connectivity index (χ1) is 15.4. The summed E-state index contributed by atoms with van der Waals surface area (Å²) < 4.78 is 10.0. The quantitative estimate of drug-likeness (QED) is 0.143. The topological polar surface area (TPSA) is 134 Å². The molecule has 0 rings (SSSR count). The molecular formula is C24H46O8. The second-order valence-corrected chi connectivity index (χ2v) is 8.55. The molecule has 0 amide bonds. The molecular weight excluding hydrogens is 416 g/mol. The second kappa shape index (κ2) is 21.6. The Morgan fingerprint density at radius 3 is 1.69 bits per heavy atom. The Hall–Kier alpha value is -1.22. The van der Waals surface area contributed by atoms with Crippen LogP contribution in [0.3, 0.4) is 0 Å². The summed E-state index contributed by atoms with van der Waals surface area (Å²) in [5.41, 5.74) is 0. The fraction of sp³-hybridized carbons (Fsp3) is 0.917. The molecule has 0 aliphatic carbocycles. The van der Waals surface area contributed by atoms with Crippen LogP contribution in [-0.4, -0.2) is 71.0 Å². The van der Waals surface area contributed by atoms with E-state index in [0.717, 1.165) is 83.5 Å². The summed E-state index contributed by atoms with van der Waals surface area (Å²) in [6.45, 7) is 1.00. The lowest BCUT2D eigenvalue weighted by Crippen LogP contribution is -2.25. The van der Waals surface area contributed by atoms with E-state index in [-0.39, 0.29) is 31.1 Å². The van der Waals surface area contributed by atoms with Crippen molar-refractivity contribution >= 4 is 11.9 Å². The molecule has 0 aliphatic heterocycles. The van der Waals surface area contributed by atoms with Crippen molar-refractivity contribution in [1.82, 2.24) is 0 Å². The van der Waals surface area contributed by atoms with Gasteiger partial charge < -0.3 is 29.9 Å². The average Bonchev–Trinajstić information content (AvgIpc) is 2.80. The van der Waals surface area contributed by atoms with E-state index >= 15 is 0 Å².